The van der Waals surface area contributed by atoms with E-state index in [2.05, 4.69) is 51.3 Å². The van der Waals surface area contributed by atoms with Gasteiger partial charge in [-0.05, 0) is 124 Å². The molecule has 0 aliphatic heterocycles. The van der Waals surface area contributed by atoms with Gasteiger partial charge < -0.3 is 14.9 Å². The minimum absolute atomic E-state index is 0.230. The van der Waals surface area contributed by atoms with Gasteiger partial charge in [-0.3, -0.25) is 0 Å². The molecule has 2 saturated carbocycles. The lowest BCUT2D eigenvalue weighted by Crippen LogP contribution is -2.56. The zero-order valence-electron chi connectivity index (χ0n) is 22.6. The highest BCUT2D eigenvalue weighted by atomic mass is 16.5. The van der Waals surface area contributed by atoms with E-state index in [1.54, 1.807) is 6.07 Å². The molecule has 36 heavy (non-hydrogen) atoms. The third-order valence-corrected chi connectivity index (χ3v) is 9.10. The van der Waals surface area contributed by atoms with Crippen molar-refractivity contribution >= 4 is 0 Å². The molecule has 2 aliphatic rings. The van der Waals surface area contributed by atoms with Gasteiger partial charge in [-0.25, -0.2) is 0 Å². The molecule has 0 radical (unpaired) electrons. The fraction of sp³-hybridized carbons (Fsp3) is 0.515. The monoisotopic (exact) mass is 488 g/mol. The number of ether oxygens (including phenoxy) is 1. The van der Waals surface area contributed by atoms with Crippen molar-refractivity contribution in [2.24, 2.45) is 17.3 Å². The minimum Gasteiger partial charge on any atom is -0.508 e. The molecular weight excluding hydrogens is 444 g/mol. The molecule has 0 aromatic heterocycles. The molecular formula is C33H44O3. The first-order chi connectivity index (χ1) is 17.0. The highest BCUT2D eigenvalue weighted by Crippen LogP contribution is 2.58. The first-order valence-corrected chi connectivity index (χ1v) is 13.6. The van der Waals surface area contributed by atoms with E-state index in [9.17, 15) is 10.2 Å². The van der Waals surface area contributed by atoms with Crippen LogP contribution >= 0.6 is 0 Å². The predicted octanol–water partition coefficient (Wildman–Crippen LogP) is 8.03. The molecule has 4 atom stereocenters. The van der Waals surface area contributed by atoms with Crippen LogP contribution in [0.25, 0.3) is 11.1 Å². The minimum atomic E-state index is -0.676. The summed E-state index contributed by atoms with van der Waals surface area (Å²) in [5.41, 5.74) is 3.36. The van der Waals surface area contributed by atoms with Crippen molar-refractivity contribution in [2.75, 3.05) is 0 Å². The first kappa shape index (κ1) is 26.5. The standard InChI is InChI=1S/C33H44O3/c1-7-10-23-12-15-29(27(20-23)24-13-14-28(34)25(21-24)11-8-2)36-33(6)18-9-17-32(5)19-16-26(22-30(32)33)31(3,4)35/h7-8,12-15,20-21,26,30,34-35H,1-2,9-11,16-19,22H2,3-6H3. The van der Waals surface area contributed by atoms with Crippen molar-refractivity contribution in [3.8, 4) is 22.6 Å². The molecule has 0 heterocycles. The third-order valence-electron chi connectivity index (χ3n) is 9.10. The van der Waals surface area contributed by atoms with Gasteiger partial charge in [0.1, 0.15) is 17.1 Å². The molecule has 3 nitrogen and oxygen atoms in total. The van der Waals surface area contributed by atoms with E-state index in [1.165, 1.54) is 12.0 Å². The number of aliphatic hydroxyl groups is 1. The van der Waals surface area contributed by atoms with E-state index in [1.807, 2.05) is 32.1 Å². The van der Waals surface area contributed by atoms with Gasteiger partial charge in [-0.15, -0.1) is 13.2 Å². The maximum Gasteiger partial charge on any atom is 0.127 e. The fourth-order valence-electron chi connectivity index (χ4n) is 6.94. The van der Waals surface area contributed by atoms with E-state index in [4.69, 9.17) is 4.74 Å². The van der Waals surface area contributed by atoms with Crippen LogP contribution in [0.15, 0.2) is 61.7 Å². The molecule has 4 unspecified atom stereocenters. The molecule has 2 fully saturated rings. The average Bonchev–Trinajstić information content (AvgIpc) is 2.81. The largest absolute Gasteiger partial charge is 0.508 e. The quantitative estimate of drug-likeness (QED) is 0.370. The highest BCUT2D eigenvalue weighted by Gasteiger charge is 2.54. The second-order valence-corrected chi connectivity index (χ2v) is 12.3. The number of benzene rings is 2. The molecule has 2 aliphatic carbocycles. The summed E-state index contributed by atoms with van der Waals surface area (Å²) in [7, 11) is 0. The molecule has 0 saturated heterocycles. The van der Waals surface area contributed by atoms with Gasteiger partial charge in [-0.2, -0.15) is 0 Å². The van der Waals surface area contributed by atoms with E-state index in [0.29, 0.717) is 18.1 Å². The number of hydrogen-bond donors (Lipinski definition) is 2. The summed E-state index contributed by atoms with van der Waals surface area (Å²) < 4.78 is 7.10. The van der Waals surface area contributed by atoms with Crippen molar-refractivity contribution in [1.82, 2.24) is 0 Å². The van der Waals surface area contributed by atoms with Gasteiger partial charge >= 0.3 is 0 Å². The lowest BCUT2D eigenvalue weighted by molar-refractivity contribution is -0.131. The molecule has 194 valence electrons. The van der Waals surface area contributed by atoms with Crippen LogP contribution in [0.1, 0.15) is 77.3 Å². The van der Waals surface area contributed by atoms with Crippen molar-refractivity contribution in [1.29, 1.82) is 0 Å². The Morgan fingerprint density at radius 2 is 1.78 bits per heavy atom. The Kier molecular flexibility index (Phi) is 7.44. The molecule has 0 bridgehead atoms. The second kappa shape index (κ2) is 10.1. The number of aromatic hydroxyl groups is 1. The van der Waals surface area contributed by atoms with Gasteiger partial charge in [0, 0.05) is 11.5 Å². The van der Waals surface area contributed by atoms with Crippen molar-refractivity contribution in [3.63, 3.8) is 0 Å². The predicted molar refractivity (Wildman–Crippen MR) is 149 cm³/mol. The van der Waals surface area contributed by atoms with Crippen LogP contribution < -0.4 is 4.74 Å². The molecule has 0 spiro atoms. The van der Waals surface area contributed by atoms with E-state index >= 15 is 0 Å². The lowest BCUT2D eigenvalue weighted by Gasteiger charge is -2.57. The summed E-state index contributed by atoms with van der Waals surface area (Å²) >= 11 is 0. The summed E-state index contributed by atoms with van der Waals surface area (Å²) in [4.78, 5) is 0. The number of hydrogen-bond acceptors (Lipinski definition) is 3. The maximum absolute atomic E-state index is 10.9. The third kappa shape index (κ3) is 5.27. The number of phenolic OH excluding ortho intramolecular Hbond substituents is 1. The van der Waals surface area contributed by atoms with Gasteiger partial charge in [-0.1, -0.05) is 31.2 Å². The Morgan fingerprint density at radius 3 is 2.47 bits per heavy atom. The summed E-state index contributed by atoms with van der Waals surface area (Å²) in [6.07, 6.45) is 11.7. The Morgan fingerprint density at radius 1 is 1.03 bits per heavy atom. The van der Waals surface area contributed by atoms with Crippen molar-refractivity contribution < 1.29 is 14.9 Å². The fourth-order valence-corrected chi connectivity index (χ4v) is 6.94. The highest BCUT2D eigenvalue weighted by molar-refractivity contribution is 5.73. The molecule has 2 aromatic carbocycles. The Hall–Kier alpha value is -2.52. The number of phenols is 1. The van der Waals surface area contributed by atoms with Gasteiger partial charge in [0.2, 0.25) is 0 Å². The molecule has 2 aromatic rings. The number of fused-ring (bicyclic) bond motifs is 1. The first-order valence-electron chi connectivity index (χ1n) is 13.6. The summed E-state index contributed by atoms with van der Waals surface area (Å²) in [5, 5.41) is 21.2. The second-order valence-electron chi connectivity index (χ2n) is 12.3. The number of rotatable bonds is 8. The van der Waals surface area contributed by atoms with Crippen LogP contribution in [-0.2, 0) is 12.8 Å². The lowest BCUT2D eigenvalue weighted by atomic mass is 9.52. The summed E-state index contributed by atoms with van der Waals surface area (Å²) in [5.74, 6) is 1.83. The van der Waals surface area contributed by atoms with Crippen molar-refractivity contribution in [3.05, 3.63) is 72.8 Å². The van der Waals surface area contributed by atoms with Gasteiger partial charge in [0.05, 0.1) is 5.60 Å². The van der Waals surface area contributed by atoms with Crippen molar-refractivity contribution in [2.45, 2.75) is 90.3 Å². The number of allylic oxidation sites excluding steroid dienone is 2. The normalized spacial score (nSPS) is 28.2. The van der Waals surface area contributed by atoms with Crippen LogP contribution in [0.5, 0.6) is 11.5 Å². The van der Waals surface area contributed by atoms with Crippen LogP contribution in [0, 0.1) is 17.3 Å². The van der Waals surface area contributed by atoms with Gasteiger partial charge in [0.15, 0.2) is 0 Å². The van der Waals surface area contributed by atoms with E-state index < -0.39 is 5.60 Å². The molecule has 0 amide bonds. The SMILES string of the molecule is C=CCc1ccc(OC2(C)CCCC3(C)CCC(C(C)(C)O)CC32)c(-c2ccc(O)c(CC=C)c2)c1. The van der Waals surface area contributed by atoms with Crippen LogP contribution in [-0.4, -0.2) is 21.4 Å². The Bertz CT molecular complexity index is 1110. The average molecular weight is 489 g/mol. The van der Waals surface area contributed by atoms with Crippen LogP contribution in [0.4, 0.5) is 0 Å². The topological polar surface area (TPSA) is 49.7 Å². The Labute approximate surface area is 217 Å². The summed E-state index contributed by atoms with van der Waals surface area (Å²) in [6.45, 7) is 16.4. The van der Waals surface area contributed by atoms with E-state index in [-0.39, 0.29) is 16.9 Å². The molecule has 3 heteroatoms. The van der Waals surface area contributed by atoms with Crippen LogP contribution in [0.2, 0.25) is 0 Å². The van der Waals surface area contributed by atoms with Crippen LogP contribution in [0.3, 0.4) is 0 Å². The summed E-state index contributed by atoms with van der Waals surface area (Å²) in [6, 6.07) is 12.2. The Balaban J connectivity index is 1.75. The smallest absolute Gasteiger partial charge is 0.127 e. The molecule has 2 N–H and O–H groups in total. The maximum atomic E-state index is 10.9. The van der Waals surface area contributed by atoms with E-state index in [0.717, 1.165) is 61.0 Å². The zero-order chi connectivity index (χ0) is 26.1. The zero-order valence-corrected chi connectivity index (χ0v) is 22.6. The molecule has 4 rings (SSSR count). The van der Waals surface area contributed by atoms with Gasteiger partial charge in [0.25, 0.3) is 0 Å².